The molecule has 0 bridgehead atoms. The smallest absolute Gasteiger partial charge is 0.323 e. The highest BCUT2D eigenvalue weighted by Gasteiger charge is 2.17. The lowest BCUT2D eigenvalue weighted by atomic mass is 10.1. The van der Waals surface area contributed by atoms with Gasteiger partial charge in [0.05, 0.1) is 6.61 Å². The van der Waals surface area contributed by atoms with Crippen molar-refractivity contribution in [1.29, 1.82) is 0 Å². The predicted octanol–water partition coefficient (Wildman–Crippen LogP) is 2.20. The molecule has 1 atom stereocenters. The van der Waals surface area contributed by atoms with Crippen LogP contribution in [0.1, 0.15) is 12.5 Å². The Morgan fingerprint density at radius 2 is 2.39 bits per heavy atom. The zero-order valence-electron chi connectivity index (χ0n) is 9.84. The van der Waals surface area contributed by atoms with Crippen LogP contribution in [0.2, 0.25) is 0 Å². The van der Waals surface area contributed by atoms with Gasteiger partial charge in [-0.05, 0) is 24.1 Å². The quantitative estimate of drug-likeness (QED) is 0.376. The van der Waals surface area contributed by atoms with Crippen LogP contribution >= 0.6 is 0 Å². The average molecular weight is 252 g/mol. The first-order valence-corrected chi connectivity index (χ1v) is 5.34. The molecule has 0 spiro atoms. The third-order valence-electron chi connectivity index (χ3n) is 2.23. The Bertz CT molecular complexity index is 486. The van der Waals surface area contributed by atoms with Gasteiger partial charge in [-0.15, -0.1) is 0 Å². The fourth-order valence-electron chi connectivity index (χ4n) is 1.39. The van der Waals surface area contributed by atoms with E-state index in [4.69, 9.17) is 16.0 Å². The maximum atomic E-state index is 13.6. The molecule has 0 heterocycles. The summed E-state index contributed by atoms with van der Waals surface area (Å²) < 4.78 is 18.3. The summed E-state index contributed by atoms with van der Waals surface area (Å²) in [4.78, 5) is 13.8. The topological polar surface area (TPSA) is 101 Å². The molecule has 0 unspecified atom stereocenters. The molecule has 0 aromatic heterocycles. The van der Waals surface area contributed by atoms with Gasteiger partial charge in [-0.1, -0.05) is 17.2 Å². The van der Waals surface area contributed by atoms with E-state index in [1.165, 1.54) is 12.1 Å². The fraction of sp³-hybridized carbons (Fsp3) is 0.364. The minimum atomic E-state index is -0.912. The van der Waals surface area contributed by atoms with Gasteiger partial charge < -0.3 is 10.5 Å². The molecule has 0 amide bonds. The summed E-state index contributed by atoms with van der Waals surface area (Å²) >= 11 is 0. The van der Waals surface area contributed by atoms with Gasteiger partial charge in [-0.2, -0.15) is 0 Å². The molecule has 0 saturated carbocycles. The van der Waals surface area contributed by atoms with E-state index in [1.807, 2.05) is 0 Å². The second kappa shape index (κ2) is 6.58. The van der Waals surface area contributed by atoms with Crippen LogP contribution in [-0.2, 0) is 16.0 Å². The summed E-state index contributed by atoms with van der Waals surface area (Å²) in [6.07, 6.45) is 0.0290. The van der Waals surface area contributed by atoms with Crippen molar-refractivity contribution in [2.75, 3.05) is 6.61 Å². The second-order valence-electron chi connectivity index (χ2n) is 3.53. The number of ether oxygens (including phenoxy) is 1. The second-order valence-corrected chi connectivity index (χ2v) is 3.53. The van der Waals surface area contributed by atoms with Crippen molar-refractivity contribution in [1.82, 2.24) is 0 Å². The van der Waals surface area contributed by atoms with Crippen molar-refractivity contribution in [3.05, 3.63) is 40.0 Å². The summed E-state index contributed by atoms with van der Waals surface area (Å²) in [5.74, 6) is -1.14. The third kappa shape index (κ3) is 3.73. The molecule has 7 heteroatoms. The standard InChI is InChI=1S/C11H13FN4O2/c1-2-18-11(17)10(13)5-7-3-4-8(15-16-14)6-9(7)12/h3-4,6,10H,2,5,13H2,1H3/t10-/m1/s1. The lowest BCUT2D eigenvalue weighted by Gasteiger charge is -2.11. The molecule has 0 aliphatic heterocycles. The molecular weight excluding hydrogens is 239 g/mol. The van der Waals surface area contributed by atoms with E-state index in [9.17, 15) is 9.18 Å². The van der Waals surface area contributed by atoms with Crippen molar-refractivity contribution in [2.24, 2.45) is 10.8 Å². The lowest BCUT2D eigenvalue weighted by molar-refractivity contribution is -0.144. The zero-order chi connectivity index (χ0) is 13.5. The molecule has 0 saturated heterocycles. The predicted molar refractivity (Wildman–Crippen MR) is 63.5 cm³/mol. The van der Waals surface area contributed by atoms with Gasteiger partial charge in [0.25, 0.3) is 0 Å². The number of carbonyl (C=O) groups excluding carboxylic acids is 1. The average Bonchev–Trinajstić information content (AvgIpc) is 2.33. The van der Waals surface area contributed by atoms with Crippen molar-refractivity contribution < 1.29 is 13.9 Å². The first-order chi connectivity index (χ1) is 8.58. The highest BCUT2D eigenvalue weighted by molar-refractivity contribution is 5.75. The van der Waals surface area contributed by atoms with E-state index in [2.05, 4.69) is 10.0 Å². The Morgan fingerprint density at radius 1 is 1.67 bits per heavy atom. The number of azide groups is 1. The van der Waals surface area contributed by atoms with Gasteiger partial charge in [-0.25, -0.2) is 4.39 Å². The number of esters is 1. The molecule has 96 valence electrons. The van der Waals surface area contributed by atoms with E-state index < -0.39 is 17.8 Å². The number of rotatable bonds is 5. The molecule has 1 rings (SSSR count). The van der Waals surface area contributed by atoms with Crippen molar-refractivity contribution >= 4 is 11.7 Å². The Labute approximate surface area is 103 Å². The molecule has 0 aliphatic rings. The molecule has 0 aliphatic carbocycles. The van der Waals surface area contributed by atoms with Gasteiger partial charge in [0.15, 0.2) is 0 Å². The monoisotopic (exact) mass is 252 g/mol. The molecular formula is C11H13FN4O2. The van der Waals surface area contributed by atoms with Gasteiger partial charge in [0.2, 0.25) is 0 Å². The van der Waals surface area contributed by atoms with Gasteiger partial charge in [-0.3, -0.25) is 4.79 Å². The summed E-state index contributed by atoms with van der Waals surface area (Å²) in [5, 5.41) is 3.27. The van der Waals surface area contributed by atoms with Gasteiger partial charge in [0, 0.05) is 17.0 Å². The van der Waals surface area contributed by atoms with Crippen LogP contribution in [0, 0.1) is 5.82 Å². The van der Waals surface area contributed by atoms with Crippen LogP contribution in [-0.4, -0.2) is 18.6 Å². The zero-order valence-corrected chi connectivity index (χ0v) is 9.84. The van der Waals surface area contributed by atoms with Crippen molar-refractivity contribution in [3.63, 3.8) is 0 Å². The molecule has 2 N–H and O–H groups in total. The highest BCUT2D eigenvalue weighted by atomic mass is 19.1. The normalized spacial score (nSPS) is 11.5. The van der Waals surface area contributed by atoms with E-state index in [1.54, 1.807) is 6.92 Å². The Morgan fingerprint density at radius 3 is 2.94 bits per heavy atom. The number of nitrogens with two attached hydrogens (primary N) is 1. The third-order valence-corrected chi connectivity index (χ3v) is 2.23. The number of hydrogen-bond donors (Lipinski definition) is 1. The number of halogens is 1. The molecule has 0 radical (unpaired) electrons. The van der Waals surface area contributed by atoms with Crippen LogP contribution in [0.15, 0.2) is 23.3 Å². The molecule has 18 heavy (non-hydrogen) atoms. The fourth-order valence-corrected chi connectivity index (χ4v) is 1.39. The van der Waals surface area contributed by atoms with Crippen LogP contribution in [0.3, 0.4) is 0 Å². The van der Waals surface area contributed by atoms with Gasteiger partial charge >= 0.3 is 5.97 Å². The number of hydrogen-bond acceptors (Lipinski definition) is 4. The van der Waals surface area contributed by atoms with Gasteiger partial charge in [0.1, 0.15) is 11.9 Å². The molecule has 6 nitrogen and oxygen atoms in total. The Kier molecular flexibility index (Phi) is 5.10. The number of nitrogens with zero attached hydrogens (tertiary/aromatic N) is 3. The van der Waals surface area contributed by atoms with E-state index >= 15 is 0 Å². The maximum Gasteiger partial charge on any atom is 0.323 e. The number of carbonyl (C=O) groups is 1. The first-order valence-electron chi connectivity index (χ1n) is 5.34. The number of benzene rings is 1. The molecule has 0 fully saturated rings. The summed E-state index contributed by atoms with van der Waals surface area (Å²) in [6.45, 7) is 1.89. The summed E-state index contributed by atoms with van der Waals surface area (Å²) in [7, 11) is 0. The SMILES string of the molecule is CCOC(=O)[C@H](N)Cc1ccc(N=[N+]=[N-])cc1F. The molecule has 1 aromatic rings. The minimum Gasteiger partial charge on any atom is -0.465 e. The maximum absolute atomic E-state index is 13.6. The highest BCUT2D eigenvalue weighted by Crippen LogP contribution is 2.18. The Hall–Kier alpha value is -2.11. The lowest BCUT2D eigenvalue weighted by Crippen LogP contribution is -2.34. The van der Waals surface area contributed by atoms with E-state index in [0.717, 1.165) is 6.07 Å². The van der Waals surface area contributed by atoms with Crippen LogP contribution in [0.5, 0.6) is 0 Å². The molecule has 1 aromatic carbocycles. The van der Waals surface area contributed by atoms with Crippen LogP contribution in [0.4, 0.5) is 10.1 Å². The van der Waals surface area contributed by atoms with E-state index in [0.29, 0.717) is 0 Å². The van der Waals surface area contributed by atoms with Crippen molar-refractivity contribution in [2.45, 2.75) is 19.4 Å². The van der Waals surface area contributed by atoms with Crippen LogP contribution < -0.4 is 5.73 Å². The minimum absolute atomic E-state index is 0.0290. The van der Waals surface area contributed by atoms with E-state index in [-0.39, 0.29) is 24.3 Å². The largest absolute Gasteiger partial charge is 0.465 e. The summed E-state index contributed by atoms with van der Waals surface area (Å²) in [6, 6.07) is 3.06. The van der Waals surface area contributed by atoms with Crippen LogP contribution in [0.25, 0.3) is 10.4 Å². The van der Waals surface area contributed by atoms with Crippen molar-refractivity contribution in [3.8, 4) is 0 Å². The first kappa shape index (κ1) is 14.0. The summed E-state index contributed by atoms with van der Waals surface area (Å²) in [5.41, 5.74) is 14.2. The Balaban J connectivity index is 2.79.